The summed E-state index contributed by atoms with van der Waals surface area (Å²) in [5.74, 6) is -0.248. The van der Waals surface area contributed by atoms with E-state index in [4.69, 9.17) is 0 Å². The fraction of sp³-hybridized carbons (Fsp3) is 0.556. The molecule has 0 aliphatic carbocycles. The molecule has 1 amide bonds. The highest BCUT2D eigenvalue weighted by Crippen LogP contribution is 2.19. The summed E-state index contributed by atoms with van der Waals surface area (Å²) < 4.78 is 25.7. The van der Waals surface area contributed by atoms with Crippen LogP contribution in [0.15, 0.2) is 17.6 Å². The summed E-state index contributed by atoms with van der Waals surface area (Å²) in [5.41, 5.74) is 0. The maximum atomic E-state index is 12.2. The Bertz CT molecular complexity index is 496. The van der Waals surface area contributed by atoms with Crippen LogP contribution in [-0.2, 0) is 14.8 Å². The number of sulfonamides is 1. The van der Waals surface area contributed by atoms with E-state index >= 15 is 0 Å². The predicted molar refractivity (Wildman–Crippen MR) is 59.6 cm³/mol. The molecule has 8 heteroatoms. The quantitative estimate of drug-likeness (QED) is 0.750. The number of H-pyrrole nitrogens is 1. The van der Waals surface area contributed by atoms with Gasteiger partial charge in [-0.05, 0) is 6.42 Å². The second-order valence-corrected chi connectivity index (χ2v) is 5.61. The van der Waals surface area contributed by atoms with Crippen molar-refractivity contribution in [2.45, 2.75) is 24.4 Å². The van der Waals surface area contributed by atoms with E-state index in [1.165, 1.54) is 16.8 Å². The van der Waals surface area contributed by atoms with E-state index in [-0.39, 0.29) is 17.5 Å². The van der Waals surface area contributed by atoms with Crippen LogP contribution in [0.1, 0.15) is 13.3 Å². The van der Waals surface area contributed by atoms with E-state index in [9.17, 15) is 13.2 Å². The van der Waals surface area contributed by atoms with E-state index in [0.29, 0.717) is 13.0 Å². The summed E-state index contributed by atoms with van der Waals surface area (Å²) in [6.45, 7) is 2.40. The first-order valence-corrected chi connectivity index (χ1v) is 6.79. The molecule has 1 fully saturated rings. The van der Waals surface area contributed by atoms with Gasteiger partial charge in [-0.1, -0.05) is 6.92 Å². The number of rotatable bonds is 3. The SMILES string of the molecule is CCC1C(=O)NCCN1S(=O)(=O)c1cnc[nH]1. The van der Waals surface area contributed by atoms with Crippen LogP contribution in [0, 0.1) is 0 Å². The third kappa shape index (κ3) is 2.05. The molecule has 0 saturated carbocycles. The van der Waals surface area contributed by atoms with Gasteiger partial charge in [-0.2, -0.15) is 4.31 Å². The van der Waals surface area contributed by atoms with Gasteiger partial charge in [0.15, 0.2) is 5.03 Å². The van der Waals surface area contributed by atoms with Crippen LogP contribution in [0.2, 0.25) is 0 Å². The summed E-state index contributed by atoms with van der Waals surface area (Å²) in [6.07, 6.45) is 2.99. The van der Waals surface area contributed by atoms with Gasteiger partial charge >= 0.3 is 0 Å². The molecule has 1 atom stereocenters. The van der Waals surface area contributed by atoms with Crippen molar-refractivity contribution in [3.05, 3.63) is 12.5 Å². The zero-order valence-electron chi connectivity index (χ0n) is 9.38. The van der Waals surface area contributed by atoms with Crippen molar-refractivity contribution in [2.75, 3.05) is 13.1 Å². The molecule has 2 heterocycles. The van der Waals surface area contributed by atoms with Crippen molar-refractivity contribution in [3.8, 4) is 0 Å². The van der Waals surface area contributed by atoms with Crippen molar-refractivity contribution in [1.29, 1.82) is 0 Å². The Labute approximate surface area is 99.3 Å². The number of aromatic nitrogens is 2. The number of hydrogen-bond donors (Lipinski definition) is 2. The molecule has 1 saturated heterocycles. The van der Waals surface area contributed by atoms with Gasteiger partial charge < -0.3 is 10.3 Å². The Balaban J connectivity index is 2.35. The summed E-state index contributed by atoms with van der Waals surface area (Å²) >= 11 is 0. The molecular formula is C9H14N4O3S. The molecule has 1 unspecified atom stereocenters. The average Bonchev–Trinajstić information content (AvgIpc) is 2.82. The summed E-state index contributed by atoms with van der Waals surface area (Å²) in [7, 11) is -3.66. The minimum Gasteiger partial charge on any atom is -0.353 e. The maximum Gasteiger partial charge on any atom is 0.260 e. The van der Waals surface area contributed by atoms with Crippen LogP contribution in [0.3, 0.4) is 0 Å². The van der Waals surface area contributed by atoms with Gasteiger partial charge in [0.25, 0.3) is 10.0 Å². The monoisotopic (exact) mass is 258 g/mol. The van der Waals surface area contributed by atoms with Crippen molar-refractivity contribution in [2.24, 2.45) is 0 Å². The normalized spacial score (nSPS) is 22.4. The fourth-order valence-electron chi connectivity index (χ4n) is 1.88. The zero-order chi connectivity index (χ0) is 12.5. The Morgan fingerprint density at radius 1 is 1.59 bits per heavy atom. The number of carbonyl (C=O) groups excluding carboxylic acids is 1. The number of imidazole rings is 1. The predicted octanol–water partition coefficient (Wildman–Crippen LogP) is -0.691. The van der Waals surface area contributed by atoms with Crippen molar-refractivity contribution < 1.29 is 13.2 Å². The highest BCUT2D eigenvalue weighted by atomic mass is 32.2. The second kappa shape index (κ2) is 4.46. The highest BCUT2D eigenvalue weighted by molar-refractivity contribution is 7.89. The zero-order valence-corrected chi connectivity index (χ0v) is 10.2. The largest absolute Gasteiger partial charge is 0.353 e. The molecule has 17 heavy (non-hydrogen) atoms. The average molecular weight is 258 g/mol. The maximum absolute atomic E-state index is 12.2. The first kappa shape index (κ1) is 12.1. The Morgan fingerprint density at radius 3 is 2.94 bits per heavy atom. The number of amides is 1. The van der Waals surface area contributed by atoms with Crippen molar-refractivity contribution >= 4 is 15.9 Å². The standard InChI is InChI=1S/C9H14N4O3S/c1-2-7-9(14)11-3-4-13(7)17(15,16)8-5-10-6-12-8/h5-7H,2-4H2,1H3,(H,10,12)(H,11,14). The van der Waals surface area contributed by atoms with Gasteiger partial charge in [0.2, 0.25) is 5.91 Å². The van der Waals surface area contributed by atoms with E-state index in [0.717, 1.165) is 0 Å². The highest BCUT2D eigenvalue weighted by Gasteiger charge is 2.37. The van der Waals surface area contributed by atoms with E-state index in [1.54, 1.807) is 6.92 Å². The van der Waals surface area contributed by atoms with Gasteiger partial charge in [0.1, 0.15) is 6.04 Å². The summed E-state index contributed by atoms with van der Waals surface area (Å²) in [4.78, 5) is 17.9. The first-order chi connectivity index (χ1) is 8.07. The van der Waals surface area contributed by atoms with Gasteiger partial charge in [-0.3, -0.25) is 4.79 Å². The lowest BCUT2D eigenvalue weighted by Gasteiger charge is -2.32. The van der Waals surface area contributed by atoms with E-state index < -0.39 is 16.1 Å². The van der Waals surface area contributed by atoms with Crippen LogP contribution in [0.25, 0.3) is 0 Å². The molecule has 1 aliphatic rings. The summed E-state index contributed by atoms with van der Waals surface area (Å²) in [6, 6.07) is -0.642. The minimum absolute atomic E-state index is 0.0191. The second-order valence-electron chi connectivity index (χ2n) is 3.75. The topological polar surface area (TPSA) is 95.2 Å². The van der Waals surface area contributed by atoms with Gasteiger partial charge in [0, 0.05) is 13.1 Å². The number of hydrogen-bond acceptors (Lipinski definition) is 4. The number of nitrogens with one attached hydrogen (secondary N) is 2. The smallest absolute Gasteiger partial charge is 0.260 e. The first-order valence-electron chi connectivity index (χ1n) is 5.35. The minimum atomic E-state index is -3.66. The van der Waals surface area contributed by atoms with Crippen molar-refractivity contribution in [3.63, 3.8) is 0 Å². The van der Waals surface area contributed by atoms with Crippen LogP contribution in [-0.4, -0.2) is 47.7 Å². The third-order valence-electron chi connectivity index (χ3n) is 2.73. The molecule has 1 aromatic heterocycles. The van der Waals surface area contributed by atoms with Crippen LogP contribution >= 0.6 is 0 Å². The Hall–Kier alpha value is -1.41. The molecule has 0 aromatic carbocycles. The molecule has 1 aromatic rings. The number of aromatic amines is 1. The van der Waals surface area contributed by atoms with Crippen LogP contribution in [0.4, 0.5) is 0 Å². The Morgan fingerprint density at radius 2 is 2.35 bits per heavy atom. The van der Waals surface area contributed by atoms with Gasteiger partial charge in [0.05, 0.1) is 12.5 Å². The molecule has 0 spiro atoms. The molecule has 2 rings (SSSR count). The molecule has 94 valence electrons. The van der Waals surface area contributed by atoms with Crippen molar-refractivity contribution in [1.82, 2.24) is 19.6 Å². The molecule has 1 aliphatic heterocycles. The van der Waals surface area contributed by atoms with Gasteiger partial charge in [-0.25, -0.2) is 13.4 Å². The summed E-state index contributed by atoms with van der Waals surface area (Å²) in [5, 5.41) is 2.68. The van der Waals surface area contributed by atoms with E-state index in [1.807, 2.05) is 0 Å². The Kier molecular flexibility index (Phi) is 3.16. The lowest BCUT2D eigenvalue weighted by molar-refractivity contribution is -0.126. The van der Waals surface area contributed by atoms with E-state index in [2.05, 4.69) is 15.3 Å². The third-order valence-corrected chi connectivity index (χ3v) is 4.56. The van der Waals surface area contributed by atoms with Gasteiger partial charge in [-0.15, -0.1) is 0 Å². The van der Waals surface area contributed by atoms with Crippen LogP contribution in [0.5, 0.6) is 0 Å². The molecule has 0 bridgehead atoms. The number of nitrogens with zero attached hydrogens (tertiary/aromatic N) is 2. The lowest BCUT2D eigenvalue weighted by atomic mass is 10.2. The molecule has 0 radical (unpaired) electrons. The number of carbonyl (C=O) groups is 1. The van der Waals surface area contributed by atoms with Crippen LogP contribution < -0.4 is 5.32 Å². The molecule has 7 nitrogen and oxygen atoms in total. The molecule has 2 N–H and O–H groups in total. The molecular weight excluding hydrogens is 244 g/mol. The lowest BCUT2D eigenvalue weighted by Crippen LogP contribution is -2.56. The fourth-order valence-corrected chi connectivity index (χ4v) is 3.44. The number of piperazine rings is 1.